The van der Waals surface area contributed by atoms with Gasteiger partial charge in [0.15, 0.2) is 0 Å². The van der Waals surface area contributed by atoms with Gasteiger partial charge in [0.05, 0.1) is 16.8 Å². The number of carbonyl (C=O) groups is 2. The van der Waals surface area contributed by atoms with E-state index in [9.17, 15) is 14.4 Å². The molecule has 0 saturated heterocycles. The molecule has 2 heterocycles. The number of nitrogens with zero attached hydrogens (tertiary/aromatic N) is 1. The minimum absolute atomic E-state index is 0.340. The SMILES string of the molecule is Cc1cc2oc(=O)cc(C)c2cc1N1C(=O)c2ccccc2C1=O. The number of carbonyl (C=O) groups excluding carboxylic acids is 2. The van der Waals surface area contributed by atoms with Gasteiger partial charge in [-0.05, 0) is 49.2 Å². The summed E-state index contributed by atoms with van der Waals surface area (Å²) in [5.41, 5.74) is 2.75. The largest absolute Gasteiger partial charge is 0.423 e. The normalized spacial score (nSPS) is 13.7. The first-order valence-corrected chi connectivity index (χ1v) is 7.50. The van der Waals surface area contributed by atoms with Crippen LogP contribution in [0.5, 0.6) is 0 Å². The summed E-state index contributed by atoms with van der Waals surface area (Å²) in [4.78, 5) is 38.0. The fourth-order valence-corrected chi connectivity index (χ4v) is 3.10. The third-order valence-corrected chi connectivity index (χ3v) is 4.30. The predicted molar refractivity (Wildman–Crippen MR) is 89.5 cm³/mol. The maximum absolute atomic E-state index is 12.7. The van der Waals surface area contributed by atoms with E-state index < -0.39 is 5.63 Å². The lowest BCUT2D eigenvalue weighted by Gasteiger charge is -2.17. The van der Waals surface area contributed by atoms with E-state index in [4.69, 9.17) is 4.42 Å². The maximum Gasteiger partial charge on any atom is 0.336 e. The monoisotopic (exact) mass is 319 g/mol. The Bertz CT molecular complexity index is 1060. The molecule has 1 aromatic heterocycles. The highest BCUT2D eigenvalue weighted by molar-refractivity contribution is 6.34. The first-order chi connectivity index (χ1) is 11.5. The van der Waals surface area contributed by atoms with Crippen LogP contribution in [-0.4, -0.2) is 11.8 Å². The molecule has 5 heteroatoms. The molecule has 24 heavy (non-hydrogen) atoms. The lowest BCUT2D eigenvalue weighted by atomic mass is 10.1. The molecule has 118 valence electrons. The van der Waals surface area contributed by atoms with Crippen molar-refractivity contribution in [2.24, 2.45) is 0 Å². The van der Waals surface area contributed by atoms with Gasteiger partial charge in [-0.3, -0.25) is 9.59 Å². The molecule has 3 aromatic rings. The molecule has 2 amide bonds. The number of hydrogen-bond acceptors (Lipinski definition) is 4. The topological polar surface area (TPSA) is 67.6 Å². The summed E-state index contributed by atoms with van der Waals surface area (Å²) >= 11 is 0. The number of imide groups is 1. The Kier molecular flexibility index (Phi) is 2.93. The second-order valence-electron chi connectivity index (χ2n) is 5.87. The summed E-state index contributed by atoms with van der Waals surface area (Å²) < 4.78 is 5.21. The van der Waals surface area contributed by atoms with E-state index in [0.717, 1.165) is 5.56 Å². The van der Waals surface area contributed by atoms with Crippen molar-refractivity contribution < 1.29 is 14.0 Å². The molecule has 1 aliphatic heterocycles. The van der Waals surface area contributed by atoms with Crippen molar-refractivity contribution in [1.82, 2.24) is 0 Å². The summed E-state index contributed by atoms with van der Waals surface area (Å²) in [6, 6.07) is 11.6. The quantitative estimate of drug-likeness (QED) is 0.510. The van der Waals surface area contributed by atoms with Gasteiger partial charge in [0.25, 0.3) is 11.8 Å². The van der Waals surface area contributed by atoms with Crippen molar-refractivity contribution >= 4 is 28.5 Å². The lowest BCUT2D eigenvalue weighted by molar-refractivity contribution is 0.0926. The van der Waals surface area contributed by atoms with Gasteiger partial charge in [-0.2, -0.15) is 0 Å². The van der Waals surface area contributed by atoms with Gasteiger partial charge >= 0.3 is 5.63 Å². The van der Waals surface area contributed by atoms with E-state index in [0.29, 0.717) is 33.3 Å². The predicted octanol–water partition coefficient (Wildman–Crippen LogP) is 3.21. The summed E-state index contributed by atoms with van der Waals surface area (Å²) in [7, 11) is 0. The zero-order valence-corrected chi connectivity index (χ0v) is 13.1. The molecule has 2 aromatic carbocycles. The molecule has 5 nitrogen and oxygen atoms in total. The van der Waals surface area contributed by atoms with Crippen molar-refractivity contribution in [3.8, 4) is 0 Å². The molecule has 0 unspecified atom stereocenters. The Labute approximate surface area is 137 Å². The molecule has 0 spiro atoms. The molecular weight excluding hydrogens is 306 g/mol. The smallest absolute Gasteiger partial charge is 0.336 e. The molecule has 0 fully saturated rings. The summed E-state index contributed by atoms with van der Waals surface area (Å²) in [6.07, 6.45) is 0. The highest BCUT2D eigenvalue weighted by Crippen LogP contribution is 2.33. The fourth-order valence-electron chi connectivity index (χ4n) is 3.10. The van der Waals surface area contributed by atoms with Crippen molar-refractivity contribution in [1.29, 1.82) is 0 Å². The molecule has 0 aliphatic carbocycles. The second kappa shape index (κ2) is 4.89. The van der Waals surface area contributed by atoms with Crippen LogP contribution in [0.2, 0.25) is 0 Å². The minimum atomic E-state index is -0.423. The molecule has 0 N–H and O–H groups in total. The second-order valence-corrected chi connectivity index (χ2v) is 5.87. The van der Waals surface area contributed by atoms with E-state index >= 15 is 0 Å². The van der Waals surface area contributed by atoms with Crippen LogP contribution in [-0.2, 0) is 0 Å². The molecule has 0 atom stereocenters. The van der Waals surface area contributed by atoms with Crippen LogP contribution < -0.4 is 10.5 Å². The van der Waals surface area contributed by atoms with Crippen LogP contribution in [0.25, 0.3) is 11.0 Å². The van der Waals surface area contributed by atoms with Crippen LogP contribution in [0.3, 0.4) is 0 Å². The van der Waals surface area contributed by atoms with Crippen molar-refractivity contribution in [2.75, 3.05) is 4.90 Å². The third kappa shape index (κ3) is 1.91. The number of rotatable bonds is 1. The number of benzene rings is 2. The van der Waals surface area contributed by atoms with Crippen molar-refractivity contribution in [3.05, 3.63) is 75.1 Å². The number of anilines is 1. The van der Waals surface area contributed by atoms with Gasteiger partial charge in [0.1, 0.15) is 5.58 Å². The summed E-state index contributed by atoms with van der Waals surface area (Å²) in [5, 5.41) is 0.701. The molecule has 0 radical (unpaired) electrons. The van der Waals surface area contributed by atoms with E-state index in [1.165, 1.54) is 11.0 Å². The average molecular weight is 319 g/mol. The van der Waals surface area contributed by atoms with Crippen LogP contribution in [0.15, 0.2) is 51.7 Å². The Balaban J connectivity index is 1.95. The van der Waals surface area contributed by atoms with E-state index in [1.807, 2.05) is 0 Å². The van der Waals surface area contributed by atoms with Crippen LogP contribution >= 0.6 is 0 Å². The number of aryl methyl sites for hydroxylation is 2. The average Bonchev–Trinajstić information content (AvgIpc) is 2.79. The van der Waals surface area contributed by atoms with Crippen LogP contribution in [0.4, 0.5) is 5.69 Å². The highest BCUT2D eigenvalue weighted by Gasteiger charge is 2.37. The Morgan fingerprint density at radius 2 is 1.46 bits per heavy atom. The highest BCUT2D eigenvalue weighted by atomic mass is 16.4. The third-order valence-electron chi connectivity index (χ3n) is 4.30. The fraction of sp³-hybridized carbons (Fsp3) is 0.105. The first-order valence-electron chi connectivity index (χ1n) is 7.50. The molecule has 0 saturated carbocycles. The number of amides is 2. The molecule has 0 bridgehead atoms. The lowest BCUT2D eigenvalue weighted by Crippen LogP contribution is -2.30. The Hall–Kier alpha value is -3.21. The van der Waals surface area contributed by atoms with E-state index in [-0.39, 0.29) is 11.8 Å². The van der Waals surface area contributed by atoms with E-state index in [2.05, 4.69) is 0 Å². The Morgan fingerprint density at radius 3 is 2.08 bits per heavy atom. The van der Waals surface area contributed by atoms with Gasteiger partial charge in [-0.25, -0.2) is 9.69 Å². The van der Waals surface area contributed by atoms with Crippen molar-refractivity contribution in [2.45, 2.75) is 13.8 Å². The standard InChI is InChI=1S/C19H13NO4/c1-10-8-17(21)24-16-7-11(2)15(9-14(10)16)20-18(22)12-5-3-4-6-13(12)19(20)23/h3-9H,1-2H3. The van der Waals surface area contributed by atoms with Gasteiger partial charge in [-0.1, -0.05) is 12.1 Å². The number of hydrogen-bond donors (Lipinski definition) is 0. The van der Waals surface area contributed by atoms with Gasteiger partial charge < -0.3 is 4.42 Å². The zero-order valence-electron chi connectivity index (χ0n) is 13.1. The maximum atomic E-state index is 12.7. The van der Waals surface area contributed by atoms with Gasteiger partial charge in [0.2, 0.25) is 0 Å². The molecule has 4 rings (SSSR count). The Morgan fingerprint density at radius 1 is 0.833 bits per heavy atom. The number of fused-ring (bicyclic) bond motifs is 2. The van der Waals surface area contributed by atoms with Gasteiger partial charge in [-0.15, -0.1) is 0 Å². The van der Waals surface area contributed by atoms with Gasteiger partial charge in [0, 0.05) is 11.5 Å². The molecule has 1 aliphatic rings. The van der Waals surface area contributed by atoms with Crippen LogP contribution in [0.1, 0.15) is 31.8 Å². The molecular formula is C19H13NO4. The van der Waals surface area contributed by atoms with Crippen molar-refractivity contribution in [3.63, 3.8) is 0 Å². The summed E-state index contributed by atoms with van der Waals surface area (Å²) in [6.45, 7) is 3.57. The summed E-state index contributed by atoms with van der Waals surface area (Å²) in [5.74, 6) is -0.679. The van der Waals surface area contributed by atoms with Crippen LogP contribution in [0, 0.1) is 13.8 Å². The zero-order chi connectivity index (χ0) is 17.0. The first kappa shape index (κ1) is 14.4. The minimum Gasteiger partial charge on any atom is -0.423 e. The van der Waals surface area contributed by atoms with E-state index in [1.54, 1.807) is 50.2 Å².